The molecule has 0 aliphatic carbocycles. The molecule has 1 aromatic heterocycles. The second-order valence-electron chi connectivity index (χ2n) is 8.50. The van der Waals surface area contributed by atoms with E-state index in [1.165, 1.54) is 21.2 Å². The van der Waals surface area contributed by atoms with Crippen molar-refractivity contribution in [3.8, 4) is 0 Å². The van der Waals surface area contributed by atoms with Crippen LogP contribution in [0.2, 0.25) is 0 Å². The van der Waals surface area contributed by atoms with Gasteiger partial charge in [-0.1, -0.05) is 49.4 Å². The number of likely N-dealkylation sites (tertiary alicyclic amines) is 1. The highest BCUT2D eigenvalue weighted by atomic mass is 16.2. The number of urea groups is 1. The Morgan fingerprint density at radius 2 is 1.85 bits per heavy atom. The van der Waals surface area contributed by atoms with Crippen molar-refractivity contribution in [2.24, 2.45) is 11.5 Å². The van der Waals surface area contributed by atoms with E-state index in [-0.39, 0.29) is 11.8 Å². The molecule has 3 amide bonds. The monoisotopic (exact) mass is 447 g/mol. The van der Waals surface area contributed by atoms with E-state index in [1.54, 1.807) is 18.2 Å². The van der Waals surface area contributed by atoms with E-state index in [0.717, 1.165) is 12.0 Å². The fourth-order valence-electron chi connectivity index (χ4n) is 4.49. The summed E-state index contributed by atoms with van der Waals surface area (Å²) >= 11 is 0. The van der Waals surface area contributed by atoms with Crippen LogP contribution >= 0.6 is 0 Å². The van der Waals surface area contributed by atoms with E-state index in [9.17, 15) is 14.4 Å². The summed E-state index contributed by atoms with van der Waals surface area (Å²) in [6.07, 6.45) is 3.84. The van der Waals surface area contributed by atoms with Crippen LogP contribution in [-0.4, -0.2) is 45.9 Å². The molecule has 0 spiro atoms. The second-order valence-corrected chi connectivity index (χ2v) is 8.50. The number of nitrogens with two attached hydrogens (primary N) is 2. The number of hydrogen-bond acceptors (Lipinski definition) is 4. The lowest BCUT2D eigenvalue weighted by Gasteiger charge is -2.24. The SMILES string of the molecule is CCc1cccc(CCC(=O)[C@@H]2C[C@H](N)CN2C(=O)Nc2cn(C(N)=O)c3ccccc23)c1. The molecule has 0 saturated carbocycles. The molecule has 8 heteroatoms. The molecule has 3 aromatic rings. The molecule has 0 radical (unpaired) electrons. The van der Waals surface area contributed by atoms with Crippen LogP contribution < -0.4 is 16.8 Å². The highest BCUT2D eigenvalue weighted by molar-refractivity contribution is 6.05. The summed E-state index contributed by atoms with van der Waals surface area (Å²) in [5.74, 6) is -0.000402. The minimum atomic E-state index is -0.643. The van der Waals surface area contributed by atoms with E-state index < -0.39 is 18.1 Å². The maximum atomic E-state index is 13.1. The molecule has 1 aliphatic heterocycles. The summed E-state index contributed by atoms with van der Waals surface area (Å²) in [4.78, 5) is 39.5. The average molecular weight is 448 g/mol. The third-order valence-electron chi connectivity index (χ3n) is 6.22. The first-order valence-electron chi connectivity index (χ1n) is 11.2. The van der Waals surface area contributed by atoms with Crippen LogP contribution in [0.5, 0.6) is 0 Å². The Balaban J connectivity index is 1.48. The number of nitrogens with zero attached hydrogens (tertiary/aromatic N) is 2. The van der Waals surface area contributed by atoms with Gasteiger partial charge in [-0.3, -0.25) is 9.36 Å². The summed E-state index contributed by atoms with van der Waals surface area (Å²) < 4.78 is 1.29. The highest BCUT2D eigenvalue weighted by Crippen LogP contribution is 2.27. The number of aromatic nitrogens is 1. The van der Waals surface area contributed by atoms with Crippen molar-refractivity contribution in [1.82, 2.24) is 9.47 Å². The molecule has 5 N–H and O–H groups in total. The Bertz CT molecular complexity index is 1200. The average Bonchev–Trinajstić information content (AvgIpc) is 3.39. The van der Waals surface area contributed by atoms with Crippen LogP contribution in [0.3, 0.4) is 0 Å². The van der Waals surface area contributed by atoms with Crippen molar-refractivity contribution in [3.63, 3.8) is 0 Å². The molecule has 2 aromatic carbocycles. The van der Waals surface area contributed by atoms with E-state index in [0.29, 0.717) is 42.4 Å². The molecule has 1 aliphatic rings. The number of anilines is 1. The van der Waals surface area contributed by atoms with Crippen molar-refractivity contribution in [2.75, 3.05) is 11.9 Å². The quantitative estimate of drug-likeness (QED) is 0.536. The number of ketones is 1. The number of benzene rings is 2. The number of nitrogens with one attached hydrogen (secondary N) is 1. The molecule has 0 bridgehead atoms. The van der Waals surface area contributed by atoms with Crippen LogP contribution in [0.15, 0.2) is 54.7 Å². The fourth-order valence-corrected chi connectivity index (χ4v) is 4.49. The Morgan fingerprint density at radius 3 is 2.61 bits per heavy atom. The van der Waals surface area contributed by atoms with Crippen LogP contribution in [0.25, 0.3) is 10.9 Å². The smallest absolute Gasteiger partial charge is 0.323 e. The van der Waals surface area contributed by atoms with Crippen LogP contribution in [0.1, 0.15) is 30.9 Å². The molecule has 2 heterocycles. The predicted molar refractivity (Wildman–Crippen MR) is 128 cm³/mol. The molecule has 0 unspecified atom stereocenters. The van der Waals surface area contributed by atoms with Crippen molar-refractivity contribution in [2.45, 2.75) is 44.7 Å². The van der Waals surface area contributed by atoms with Gasteiger partial charge in [-0.15, -0.1) is 0 Å². The first kappa shape index (κ1) is 22.5. The largest absolute Gasteiger partial charge is 0.351 e. The maximum Gasteiger partial charge on any atom is 0.323 e. The Hall–Kier alpha value is -3.65. The van der Waals surface area contributed by atoms with Crippen molar-refractivity contribution in [3.05, 3.63) is 65.9 Å². The molecule has 2 atom stereocenters. The third-order valence-corrected chi connectivity index (χ3v) is 6.22. The summed E-state index contributed by atoms with van der Waals surface area (Å²) in [6.45, 7) is 2.39. The summed E-state index contributed by atoms with van der Waals surface area (Å²) in [5, 5.41) is 3.53. The van der Waals surface area contributed by atoms with Crippen molar-refractivity contribution >= 4 is 34.4 Å². The number of primary amides is 1. The van der Waals surface area contributed by atoms with E-state index in [4.69, 9.17) is 11.5 Å². The summed E-state index contributed by atoms with van der Waals surface area (Å²) in [5.41, 5.74) is 15.0. The number of rotatable bonds is 6. The van der Waals surface area contributed by atoms with Gasteiger partial charge < -0.3 is 21.7 Å². The topological polar surface area (TPSA) is 123 Å². The van der Waals surface area contributed by atoms with E-state index in [1.807, 2.05) is 18.2 Å². The van der Waals surface area contributed by atoms with Gasteiger partial charge in [0.2, 0.25) is 0 Å². The zero-order valence-corrected chi connectivity index (χ0v) is 18.7. The van der Waals surface area contributed by atoms with Gasteiger partial charge in [-0.25, -0.2) is 9.59 Å². The first-order chi connectivity index (χ1) is 15.9. The van der Waals surface area contributed by atoms with Gasteiger partial charge in [0, 0.05) is 30.6 Å². The third kappa shape index (κ3) is 4.75. The van der Waals surface area contributed by atoms with Gasteiger partial charge in [-0.05, 0) is 36.5 Å². The lowest BCUT2D eigenvalue weighted by Crippen LogP contribution is -2.43. The molecule has 8 nitrogen and oxygen atoms in total. The summed E-state index contributed by atoms with van der Waals surface area (Å²) in [6, 6.07) is 13.5. The Labute approximate surface area is 192 Å². The molecule has 1 saturated heterocycles. The number of para-hydroxylation sites is 1. The van der Waals surface area contributed by atoms with E-state index in [2.05, 4.69) is 24.4 Å². The van der Waals surface area contributed by atoms with E-state index >= 15 is 0 Å². The number of fused-ring (bicyclic) bond motifs is 1. The number of Topliss-reactive ketones (excluding diaryl/α,β-unsaturated/α-hetero) is 1. The minimum Gasteiger partial charge on any atom is -0.351 e. The van der Waals surface area contributed by atoms with Crippen LogP contribution in [0, 0.1) is 0 Å². The molecular weight excluding hydrogens is 418 g/mol. The van der Waals surface area contributed by atoms with Crippen molar-refractivity contribution < 1.29 is 14.4 Å². The minimum absolute atomic E-state index is 0.000402. The standard InChI is InChI=1S/C25H29N5O3/c1-2-16-6-5-7-17(12-16)10-11-23(31)22-13-18(26)14-30(22)25(33)28-20-15-29(24(27)32)21-9-4-3-8-19(20)21/h3-9,12,15,18,22H,2,10-11,13-14,26H2,1H3,(H2,27,32)(H,28,33)/t18-,22-/m0/s1. The van der Waals surface area contributed by atoms with Crippen molar-refractivity contribution in [1.29, 1.82) is 0 Å². The molecule has 172 valence electrons. The van der Waals surface area contributed by atoms with Gasteiger partial charge in [0.05, 0.1) is 17.2 Å². The maximum absolute atomic E-state index is 13.1. The number of amides is 3. The lowest BCUT2D eigenvalue weighted by molar-refractivity contribution is -0.122. The normalized spacial score (nSPS) is 17.9. The van der Waals surface area contributed by atoms with Gasteiger partial charge in [0.15, 0.2) is 5.78 Å². The molecule has 33 heavy (non-hydrogen) atoms. The van der Waals surface area contributed by atoms with Gasteiger partial charge in [0.1, 0.15) is 0 Å². The lowest BCUT2D eigenvalue weighted by atomic mass is 9.99. The van der Waals surface area contributed by atoms with Gasteiger partial charge in [-0.2, -0.15) is 0 Å². The number of carbonyl (C=O) groups is 3. The second kappa shape index (κ2) is 9.46. The first-order valence-corrected chi connectivity index (χ1v) is 11.2. The number of aryl methyl sites for hydroxylation is 2. The zero-order valence-electron chi connectivity index (χ0n) is 18.7. The Kier molecular flexibility index (Phi) is 6.46. The van der Waals surface area contributed by atoms with Crippen LogP contribution in [-0.2, 0) is 17.6 Å². The highest BCUT2D eigenvalue weighted by Gasteiger charge is 2.38. The molecule has 1 fully saturated rings. The predicted octanol–water partition coefficient (Wildman–Crippen LogP) is 3.27. The zero-order chi connectivity index (χ0) is 23.5. The number of hydrogen-bond donors (Lipinski definition) is 3. The number of carbonyl (C=O) groups excluding carboxylic acids is 3. The summed E-state index contributed by atoms with van der Waals surface area (Å²) in [7, 11) is 0. The fraction of sp³-hybridized carbons (Fsp3) is 0.320. The Morgan fingerprint density at radius 1 is 1.09 bits per heavy atom. The van der Waals surface area contributed by atoms with Gasteiger partial charge >= 0.3 is 12.1 Å². The molecule has 4 rings (SSSR count). The molecular formula is C25H29N5O3. The van der Waals surface area contributed by atoms with Gasteiger partial charge in [0.25, 0.3) is 0 Å². The van der Waals surface area contributed by atoms with Crippen LogP contribution in [0.4, 0.5) is 15.3 Å².